The molecule has 0 bridgehead atoms. The molecule has 0 saturated heterocycles. The van der Waals surface area contributed by atoms with Crippen molar-refractivity contribution in [1.29, 1.82) is 5.26 Å². The lowest BCUT2D eigenvalue weighted by atomic mass is 9.96. The van der Waals surface area contributed by atoms with E-state index >= 15 is 0 Å². The molecule has 0 aliphatic rings. The number of aryl methyl sites for hydroxylation is 1. The number of rotatable bonds is 5. The van der Waals surface area contributed by atoms with Gasteiger partial charge in [0.25, 0.3) is 0 Å². The topological polar surface area (TPSA) is 98.9 Å². The van der Waals surface area contributed by atoms with Crippen LogP contribution in [0.1, 0.15) is 40.0 Å². The van der Waals surface area contributed by atoms with Gasteiger partial charge in [0.1, 0.15) is 0 Å². The molecule has 0 amide bonds. The van der Waals surface area contributed by atoms with Crippen molar-refractivity contribution in [2.24, 2.45) is 0 Å². The number of para-hydroxylation sites is 1. The van der Waals surface area contributed by atoms with Crippen LogP contribution in [0, 0.1) is 18.3 Å². The molecule has 0 spiro atoms. The maximum absolute atomic E-state index is 11.6. The summed E-state index contributed by atoms with van der Waals surface area (Å²) in [7, 11) is 0. The van der Waals surface area contributed by atoms with Crippen molar-refractivity contribution in [3.8, 4) is 17.3 Å². The Morgan fingerprint density at radius 1 is 1.13 bits per heavy atom. The molecule has 4 rings (SSSR count). The number of anilines is 1. The molecule has 1 unspecified atom stereocenters. The van der Waals surface area contributed by atoms with E-state index in [2.05, 4.69) is 16.4 Å². The molecule has 2 aromatic carbocycles. The van der Waals surface area contributed by atoms with Crippen molar-refractivity contribution in [2.45, 2.75) is 19.9 Å². The van der Waals surface area contributed by atoms with Crippen LogP contribution in [0.4, 0.5) is 5.69 Å². The lowest BCUT2D eigenvalue weighted by Gasteiger charge is -2.20. The van der Waals surface area contributed by atoms with Crippen molar-refractivity contribution in [3.63, 3.8) is 0 Å². The van der Waals surface area contributed by atoms with Gasteiger partial charge in [-0.15, -0.1) is 0 Å². The Bertz CT molecular complexity index is 1330. The zero-order valence-corrected chi connectivity index (χ0v) is 17.1. The van der Waals surface area contributed by atoms with Gasteiger partial charge in [0, 0.05) is 34.6 Å². The van der Waals surface area contributed by atoms with E-state index in [0.717, 1.165) is 22.1 Å². The average Bonchev–Trinajstić information content (AvgIpc) is 2.78. The molecule has 0 aliphatic carbocycles. The van der Waals surface area contributed by atoms with Crippen molar-refractivity contribution in [3.05, 3.63) is 89.2 Å². The zero-order valence-electron chi connectivity index (χ0n) is 17.1. The normalized spacial score (nSPS) is 11.6. The Hall–Kier alpha value is -4.24. The molecule has 4 aromatic rings. The van der Waals surface area contributed by atoms with Crippen LogP contribution in [-0.2, 0) is 0 Å². The molecule has 6 heteroatoms. The lowest BCUT2D eigenvalue weighted by molar-refractivity contribution is 0.0698. The Kier molecular flexibility index (Phi) is 5.33. The minimum Gasteiger partial charge on any atom is -0.478 e. The van der Waals surface area contributed by atoms with Crippen molar-refractivity contribution < 1.29 is 9.90 Å². The molecule has 1 atom stereocenters. The first-order chi connectivity index (χ1) is 15.0. The first-order valence-corrected chi connectivity index (χ1v) is 9.82. The number of nitrogens with zero attached hydrogens (tertiary/aromatic N) is 3. The molecule has 2 aromatic heterocycles. The van der Waals surface area contributed by atoms with Crippen molar-refractivity contribution >= 4 is 22.6 Å². The van der Waals surface area contributed by atoms with Gasteiger partial charge in [0.15, 0.2) is 0 Å². The highest BCUT2D eigenvalue weighted by Gasteiger charge is 2.18. The van der Waals surface area contributed by atoms with E-state index in [4.69, 9.17) is 4.98 Å². The van der Waals surface area contributed by atoms with E-state index in [0.29, 0.717) is 22.5 Å². The van der Waals surface area contributed by atoms with Crippen LogP contribution in [0.2, 0.25) is 0 Å². The first-order valence-electron chi connectivity index (χ1n) is 9.82. The van der Waals surface area contributed by atoms with Gasteiger partial charge >= 0.3 is 5.97 Å². The standard InChI is InChI=1S/C25H20N4O2/c1-15-11-20(16(2)28-22-6-4-3-5-19(22)25(30)31)24-21(12-15)18(14-26)13-23(29-24)17-7-9-27-10-8-17/h3-13,16,28H,1-2H3,(H,30,31). The van der Waals surface area contributed by atoms with E-state index in [1.165, 1.54) is 0 Å². The third kappa shape index (κ3) is 3.94. The quantitative estimate of drug-likeness (QED) is 0.462. The maximum atomic E-state index is 11.6. The van der Waals surface area contributed by atoms with Crippen molar-refractivity contribution in [2.75, 3.05) is 5.32 Å². The number of pyridine rings is 2. The van der Waals surface area contributed by atoms with Gasteiger partial charge in [-0.05, 0) is 55.8 Å². The number of aromatic carboxylic acids is 1. The monoisotopic (exact) mass is 408 g/mol. The van der Waals surface area contributed by atoms with Gasteiger partial charge < -0.3 is 10.4 Å². The third-order valence-electron chi connectivity index (χ3n) is 5.18. The minimum atomic E-state index is -0.991. The number of aromatic nitrogens is 2. The second-order valence-corrected chi connectivity index (χ2v) is 7.37. The second kappa shape index (κ2) is 8.25. The van der Waals surface area contributed by atoms with E-state index in [1.54, 1.807) is 42.7 Å². The Balaban J connectivity index is 1.88. The van der Waals surface area contributed by atoms with E-state index in [9.17, 15) is 15.2 Å². The van der Waals surface area contributed by atoms with Crippen LogP contribution in [0.5, 0.6) is 0 Å². The SMILES string of the molecule is Cc1cc(C(C)Nc2ccccc2C(=O)O)c2nc(-c3ccncc3)cc(C#N)c2c1. The smallest absolute Gasteiger partial charge is 0.337 e. The van der Waals surface area contributed by atoms with Crippen molar-refractivity contribution in [1.82, 2.24) is 9.97 Å². The largest absolute Gasteiger partial charge is 0.478 e. The number of benzene rings is 2. The predicted octanol–water partition coefficient (Wildman–Crippen LogP) is 5.35. The van der Waals surface area contributed by atoms with E-state index in [1.807, 2.05) is 38.1 Å². The van der Waals surface area contributed by atoms with Crippen LogP contribution >= 0.6 is 0 Å². The van der Waals surface area contributed by atoms with Gasteiger partial charge in [-0.1, -0.05) is 18.2 Å². The van der Waals surface area contributed by atoms with Gasteiger partial charge in [-0.2, -0.15) is 5.26 Å². The van der Waals surface area contributed by atoms with Gasteiger partial charge in [-0.3, -0.25) is 4.98 Å². The Morgan fingerprint density at radius 3 is 2.58 bits per heavy atom. The summed E-state index contributed by atoms with van der Waals surface area (Å²) in [5, 5.41) is 23.4. The second-order valence-electron chi connectivity index (χ2n) is 7.37. The molecule has 2 N–H and O–H groups in total. The number of nitriles is 1. The summed E-state index contributed by atoms with van der Waals surface area (Å²) in [6.07, 6.45) is 3.38. The summed E-state index contributed by atoms with van der Waals surface area (Å²) in [5.41, 5.74) is 5.44. The molecule has 152 valence electrons. The fourth-order valence-electron chi connectivity index (χ4n) is 3.70. The summed E-state index contributed by atoms with van der Waals surface area (Å²) in [6, 6.07) is 18.3. The summed E-state index contributed by atoms with van der Waals surface area (Å²) in [6.45, 7) is 3.93. The average molecular weight is 408 g/mol. The van der Waals surface area contributed by atoms with Crippen LogP contribution in [0.3, 0.4) is 0 Å². The molecule has 0 fully saturated rings. The summed E-state index contributed by atoms with van der Waals surface area (Å²) in [4.78, 5) is 20.5. The molecule has 0 aliphatic heterocycles. The Morgan fingerprint density at radius 2 is 1.87 bits per heavy atom. The highest BCUT2D eigenvalue weighted by atomic mass is 16.4. The minimum absolute atomic E-state index is 0.203. The highest BCUT2D eigenvalue weighted by molar-refractivity contribution is 5.95. The van der Waals surface area contributed by atoms with Gasteiger partial charge in [0.2, 0.25) is 0 Å². The number of fused-ring (bicyclic) bond motifs is 1. The van der Waals surface area contributed by atoms with E-state index in [-0.39, 0.29) is 11.6 Å². The number of hydrogen-bond acceptors (Lipinski definition) is 5. The Labute approximate surface area is 179 Å². The van der Waals surface area contributed by atoms with Gasteiger partial charge in [0.05, 0.1) is 34.4 Å². The van der Waals surface area contributed by atoms with Crippen LogP contribution in [0.25, 0.3) is 22.2 Å². The molecule has 6 nitrogen and oxygen atoms in total. The molecule has 2 heterocycles. The number of carboxylic acids is 1. The molecular weight excluding hydrogens is 388 g/mol. The number of hydrogen-bond donors (Lipinski definition) is 2. The van der Waals surface area contributed by atoms with Crippen LogP contribution in [-0.4, -0.2) is 21.0 Å². The third-order valence-corrected chi connectivity index (χ3v) is 5.18. The predicted molar refractivity (Wildman–Crippen MR) is 120 cm³/mol. The molecule has 31 heavy (non-hydrogen) atoms. The number of carbonyl (C=O) groups is 1. The zero-order chi connectivity index (χ0) is 22.0. The molecule has 0 radical (unpaired) electrons. The lowest BCUT2D eigenvalue weighted by Crippen LogP contribution is -2.12. The maximum Gasteiger partial charge on any atom is 0.337 e. The fraction of sp³-hybridized carbons (Fsp3) is 0.120. The highest BCUT2D eigenvalue weighted by Crippen LogP contribution is 2.32. The summed E-state index contributed by atoms with van der Waals surface area (Å²) >= 11 is 0. The van der Waals surface area contributed by atoms with Gasteiger partial charge in [-0.25, -0.2) is 9.78 Å². The fourth-order valence-corrected chi connectivity index (χ4v) is 3.70. The first kappa shape index (κ1) is 20.0. The number of nitrogens with one attached hydrogen (secondary N) is 1. The number of carboxylic acid groups (broad SMARTS) is 1. The molecular formula is C25H20N4O2. The van der Waals surface area contributed by atoms with Crippen LogP contribution in [0.15, 0.2) is 67.0 Å². The summed E-state index contributed by atoms with van der Waals surface area (Å²) in [5.74, 6) is -0.991. The summed E-state index contributed by atoms with van der Waals surface area (Å²) < 4.78 is 0. The van der Waals surface area contributed by atoms with E-state index < -0.39 is 5.97 Å². The van der Waals surface area contributed by atoms with Crippen LogP contribution < -0.4 is 5.32 Å². The molecule has 0 saturated carbocycles.